The highest BCUT2D eigenvalue weighted by Crippen LogP contribution is 2.18. The molecule has 2 rings (SSSR count). The van der Waals surface area contributed by atoms with E-state index in [4.69, 9.17) is 5.11 Å². The number of benzene rings is 1. The molecule has 0 radical (unpaired) electrons. The molecule has 0 aliphatic heterocycles. The Morgan fingerprint density at radius 2 is 2.12 bits per heavy atom. The third-order valence-corrected chi connectivity index (χ3v) is 2.31. The smallest absolute Gasteiger partial charge is 0.159 e. The van der Waals surface area contributed by atoms with Crippen LogP contribution in [0.25, 0.3) is 11.4 Å². The molecule has 0 amide bonds. The first-order valence-corrected chi connectivity index (χ1v) is 4.90. The van der Waals surface area contributed by atoms with Gasteiger partial charge in [0, 0.05) is 11.8 Å². The maximum Gasteiger partial charge on any atom is 0.159 e. The van der Waals surface area contributed by atoms with Gasteiger partial charge in [-0.1, -0.05) is 12.1 Å². The number of aryl methyl sites for hydroxylation is 1. The lowest BCUT2D eigenvalue weighted by Gasteiger charge is -2.03. The molecule has 4 heteroatoms. The highest BCUT2D eigenvalue weighted by Gasteiger charge is 2.05. The van der Waals surface area contributed by atoms with Crippen LogP contribution in [0.1, 0.15) is 11.3 Å². The van der Waals surface area contributed by atoms with Gasteiger partial charge < -0.3 is 5.11 Å². The summed E-state index contributed by atoms with van der Waals surface area (Å²) in [5.41, 5.74) is 1.71. The van der Waals surface area contributed by atoms with E-state index >= 15 is 0 Å². The predicted octanol–water partition coefficient (Wildman–Crippen LogP) is 2.08. The summed E-state index contributed by atoms with van der Waals surface area (Å²) in [6, 6.07) is 6.45. The van der Waals surface area contributed by atoms with E-state index in [9.17, 15) is 4.39 Å². The van der Waals surface area contributed by atoms with Crippen LogP contribution in [0.2, 0.25) is 0 Å². The molecule has 82 valence electrons. The average Bonchev–Trinajstić information content (AvgIpc) is 2.33. The van der Waals surface area contributed by atoms with Gasteiger partial charge in [-0.05, 0) is 24.6 Å². The van der Waals surface area contributed by atoms with E-state index in [0.29, 0.717) is 22.6 Å². The van der Waals surface area contributed by atoms with E-state index in [1.54, 1.807) is 31.3 Å². The second kappa shape index (κ2) is 4.37. The van der Waals surface area contributed by atoms with Crippen molar-refractivity contribution in [3.8, 4) is 11.4 Å². The Balaban J connectivity index is 2.46. The first-order chi connectivity index (χ1) is 7.70. The molecule has 1 aromatic heterocycles. The molecule has 2 aromatic rings. The van der Waals surface area contributed by atoms with Gasteiger partial charge in [0.15, 0.2) is 5.82 Å². The Hall–Kier alpha value is -1.81. The largest absolute Gasteiger partial charge is 0.390 e. The molecule has 0 aliphatic rings. The van der Waals surface area contributed by atoms with Gasteiger partial charge in [-0.3, -0.25) is 0 Å². The molecule has 0 spiro atoms. The van der Waals surface area contributed by atoms with Gasteiger partial charge in [-0.25, -0.2) is 14.4 Å². The highest BCUT2D eigenvalue weighted by atomic mass is 19.1. The second-order valence-electron chi connectivity index (χ2n) is 3.49. The van der Waals surface area contributed by atoms with E-state index in [0.717, 1.165) is 0 Å². The lowest BCUT2D eigenvalue weighted by molar-refractivity contribution is 0.277. The van der Waals surface area contributed by atoms with E-state index in [1.165, 1.54) is 6.07 Å². The standard InChI is InChI=1S/C12H11FN2O/c1-8-2-3-9(6-11(8)13)12-14-5-4-10(7-16)15-12/h2-6,16H,7H2,1H3. The lowest BCUT2D eigenvalue weighted by atomic mass is 10.1. The van der Waals surface area contributed by atoms with Gasteiger partial charge in [0.1, 0.15) is 5.82 Å². The molecule has 0 fully saturated rings. The van der Waals surface area contributed by atoms with Gasteiger partial charge in [0.05, 0.1) is 12.3 Å². The SMILES string of the molecule is Cc1ccc(-c2nccc(CO)n2)cc1F. The molecule has 0 atom stereocenters. The molecule has 3 nitrogen and oxygen atoms in total. The van der Waals surface area contributed by atoms with Crippen molar-refractivity contribution in [1.82, 2.24) is 9.97 Å². The number of nitrogens with zero attached hydrogens (tertiary/aromatic N) is 2. The van der Waals surface area contributed by atoms with Crippen LogP contribution >= 0.6 is 0 Å². The first kappa shape index (κ1) is 10.7. The Kier molecular flexibility index (Phi) is 2.92. The third kappa shape index (κ3) is 2.06. The van der Waals surface area contributed by atoms with Crippen LogP contribution in [0.4, 0.5) is 4.39 Å². The summed E-state index contributed by atoms with van der Waals surface area (Å²) in [4.78, 5) is 8.14. The van der Waals surface area contributed by atoms with Gasteiger partial charge in [-0.15, -0.1) is 0 Å². The van der Waals surface area contributed by atoms with E-state index in [-0.39, 0.29) is 12.4 Å². The Bertz CT molecular complexity index is 514. The molecule has 1 N–H and O–H groups in total. The zero-order chi connectivity index (χ0) is 11.5. The highest BCUT2D eigenvalue weighted by molar-refractivity contribution is 5.55. The van der Waals surface area contributed by atoms with Crippen LogP contribution in [-0.2, 0) is 6.61 Å². The fraction of sp³-hybridized carbons (Fsp3) is 0.167. The van der Waals surface area contributed by atoms with Crippen molar-refractivity contribution < 1.29 is 9.50 Å². The summed E-state index contributed by atoms with van der Waals surface area (Å²) in [6.45, 7) is 1.55. The fourth-order valence-corrected chi connectivity index (χ4v) is 1.36. The van der Waals surface area contributed by atoms with Crippen LogP contribution in [0.3, 0.4) is 0 Å². The minimum Gasteiger partial charge on any atom is -0.390 e. The van der Waals surface area contributed by atoms with E-state index in [1.807, 2.05) is 0 Å². The second-order valence-corrected chi connectivity index (χ2v) is 3.49. The first-order valence-electron chi connectivity index (χ1n) is 4.90. The van der Waals surface area contributed by atoms with Crippen LogP contribution in [0.15, 0.2) is 30.5 Å². The van der Waals surface area contributed by atoms with Crippen molar-refractivity contribution in [1.29, 1.82) is 0 Å². The Morgan fingerprint density at radius 1 is 1.31 bits per heavy atom. The summed E-state index contributed by atoms with van der Waals surface area (Å²) in [6.07, 6.45) is 1.55. The zero-order valence-electron chi connectivity index (χ0n) is 8.81. The normalized spacial score (nSPS) is 10.4. The Morgan fingerprint density at radius 3 is 2.81 bits per heavy atom. The van der Waals surface area contributed by atoms with E-state index in [2.05, 4.69) is 9.97 Å². The molecule has 16 heavy (non-hydrogen) atoms. The lowest BCUT2D eigenvalue weighted by Crippen LogP contribution is -1.95. The summed E-state index contributed by atoms with van der Waals surface area (Å²) >= 11 is 0. The number of hydrogen-bond donors (Lipinski definition) is 1. The van der Waals surface area contributed by atoms with Crippen LogP contribution in [0, 0.1) is 12.7 Å². The monoisotopic (exact) mass is 218 g/mol. The minimum absolute atomic E-state index is 0.149. The third-order valence-electron chi connectivity index (χ3n) is 2.31. The number of aliphatic hydroxyl groups excluding tert-OH is 1. The average molecular weight is 218 g/mol. The quantitative estimate of drug-likeness (QED) is 0.839. The molecule has 0 saturated carbocycles. The number of aliphatic hydroxyl groups is 1. The van der Waals surface area contributed by atoms with Gasteiger partial charge in [0.2, 0.25) is 0 Å². The van der Waals surface area contributed by atoms with Crippen molar-refractivity contribution in [3.63, 3.8) is 0 Å². The molecule has 1 aromatic carbocycles. The van der Waals surface area contributed by atoms with E-state index < -0.39 is 0 Å². The molecule has 0 aliphatic carbocycles. The minimum atomic E-state index is -0.282. The summed E-state index contributed by atoms with van der Waals surface area (Å²) in [5, 5.41) is 8.94. The zero-order valence-corrected chi connectivity index (χ0v) is 8.81. The summed E-state index contributed by atoms with van der Waals surface area (Å²) in [7, 11) is 0. The van der Waals surface area contributed by atoms with Crippen molar-refractivity contribution in [2.45, 2.75) is 13.5 Å². The fourth-order valence-electron chi connectivity index (χ4n) is 1.36. The number of halogens is 1. The Labute approximate surface area is 92.6 Å². The van der Waals surface area contributed by atoms with Gasteiger partial charge in [-0.2, -0.15) is 0 Å². The molecule has 0 bridgehead atoms. The topological polar surface area (TPSA) is 46.0 Å². The van der Waals surface area contributed by atoms with Gasteiger partial charge >= 0.3 is 0 Å². The van der Waals surface area contributed by atoms with Crippen LogP contribution < -0.4 is 0 Å². The predicted molar refractivity (Wildman–Crippen MR) is 58.1 cm³/mol. The summed E-state index contributed by atoms with van der Waals surface area (Å²) in [5.74, 6) is 0.140. The number of hydrogen-bond acceptors (Lipinski definition) is 3. The van der Waals surface area contributed by atoms with Crippen molar-refractivity contribution in [2.24, 2.45) is 0 Å². The summed E-state index contributed by atoms with van der Waals surface area (Å²) < 4.78 is 13.3. The molecule has 1 heterocycles. The van der Waals surface area contributed by atoms with Crippen molar-refractivity contribution >= 4 is 0 Å². The van der Waals surface area contributed by atoms with Crippen LogP contribution in [-0.4, -0.2) is 15.1 Å². The van der Waals surface area contributed by atoms with Crippen LogP contribution in [0.5, 0.6) is 0 Å². The maximum absolute atomic E-state index is 13.3. The number of rotatable bonds is 2. The molecule has 0 saturated heterocycles. The molecule has 0 unspecified atom stereocenters. The number of aromatic nitrogens is 2. The maximum atomic E-state index is 13.3. The van der Waals surface area contributed by atoms with Gasteiger partial charge in [0.25, 0.3) is 0 Å². The van der Waals surface area contributed by atoms with Crippen molar-refractivity contribution in [2.75, 3.05) is 0 Å². The molecular weight excluding hydrogens is 207 g/mol. The van der Waals surface area contributed by atoms with Crippen molar-refractivity contribution in [3.05, 3.63) is 47.5 Å². The molecular formula is C12H11FN2O.